The number of hydrogen-bond acceptors (Lipinski definition) is 2. The zero-order chi connectivity index (χ0) is 13.0. The zero-order valence-electron chi connectivity index (χ0n) is 9.70. The van der Waals surface area contributed by atoms with E-state index in [1.54, 1.807) is 12.1 Å². The van der Waals surface area contributed by atoms with Gasteiger partial charge in [-0.2, -0.15) is 0 Å². The van der Waals surface area contributed by atoms with Crippen LogP contribution in [0, 0.1) is 11.6 Å². The summed E-state index contributed by atoms with van der Waals surface area (Å²) in [6.07, 6.45) is 0. The fraction of sp³-hybridized carbons (Fsp3) is 0.143. The van der Waals surface area contributed by atoms with Crippen LogP contribution in [0.2, 0.25) is 0 Å². The lowest BCUT2D eigenvalue weighted by molar-refractivity contribution is 0.302. The Morgan fingerprint density at radius 3 is 2.50 bits per heavy atom. The molecule has 0 saturated carbocycles. The van der Waals surface area contributed by atoms with Gasteiger partial charge in [-0.05, 0) is 35.9 Å². The maximum absolute atomic E-state index is 13.0. The van der Waals surface area contributed by atoms with Crippen molar-refractivity contribution in [1.29, 1.82) is 0 Å². The van der Waals surface area contributed by atoms with Crippen molar-refractivity contribution >= 4 is 0 Å². The first kappa shape index (κ1) is 12.5. The highest BCUT2D eigenvalue weighted by atomic mass is 19.1. The van der Waals surface area contributed by atoms with Crippen molar-refractivity contribution in [3.05, 3.63) is 65.2 Å². The van der Waals surface area contributed by atoms with Crippen molar-refractivity contribution in [2.45, 2.75) is 13.2 Å². The Hall–Kier alpha value is -1.94. The van der Waals surface area contributed by atoms with Crippen LogP contribution in [-0.4, -0.2) is 0 Å². The zero-order valence-corrected chi connectivity index (χ0v) is 9.70. The minimum Gasteiger partial charge on any atom is -0.489 e. The third kappa shape index (κ3) is 3.05. The van der Waals surface area contributed by atoms with Gasteiger partial charge in [-0.25, -0.2) is 8.78 Å². The van der Waals surface area contributed by atoms with Crippen LogP contribution < -0.4 is 10.5 Å². The Labute approximate surface area is 104 Å². The molecule has 94 valence electrons. The van der Waals surface area contributed by atoms with Gasteiger partial charge in [-0.3, -0.25) is 0 Å². The van der Waals surface area contributed by atoms with Gasteiger partial charge in [0.15, 0.2) is 0 Å². The van der Waals surface area contributed by atoms with E-state index in [1.165, 1.54) is 30.3 Å². The predicted octanol–water partition coefficient (Wildman–Crippen LogP) is 3.00. The van der Waals surface area contributed by atoms with E-state index in [0.717, 1.165) is 0 Å². The van der Waals surface area contributed by atoms with Gasteiger partial charge in [0.05, 0.1) is 0 Å². The Kier molecular flexibility index (Phi) is 3.89. The molecule has 0 aromatic heterocycles. The Balaban J connectivity index is 2.10. The van der Waals surface area contributed by atoms with Crippen molar-refractivity contribution in [3.63, 3.8) is 0 Å². The van der Waals surface area contributed by atoms with Crippen LogP contribution in [0.15, 0.2) is 42.5 Å². The second kappa shape index (κ2) is 5.60. The molecule has 2 N–H and O–H groups in total. The fourth-order valence-electron chi connectivity index (χ4n) is 1.64. The van der Waals surface area contributed by atoms with Gasteiger partial charge in [0.1, 0.15) is 24.0 Å². The Morgan fingerprint density at radius 1 is 1.00 bits per heavy atom. The summed E-state index contributed by atoms with van der Waals surface area (Å²) in [5.74, 6) is -0.147. The summed E-state index contributed by atoms with van der Waals surface area (Å²) < 4.78 is 31.5. The van der Waals surface area contributed by atoms with Gasteiger partial charge in [0, 0.05) is 12.1 Å². The standard InChI is InChI=1S/C14H13F2NO/c15-12-3-1-2-10(6-12)9-18-14-5-4-13(16)7-11(14)8-17/h1-7H,8-9,17H2. The lowest BCUT2D eigenvalue weighted by atomic mass is 10.2. The maximum Gasteiger partial charge on any atom is 0.124 e. The molecule has 18 heavy (non-hydrogen) atoms. The van der Waals surface area contributed by atoms with E-state index in [0.29, 0.717) is 16.9 Å². The second-order valence-electron chi connectivity index (χ2n) is 3.87. The van der Waals surface area contributed by atoms with Crippen molar-refractivity contribution in [2.75, 3.05) is 0 Å². The number of rotatable bonds is 4. The third-order valence-electron chi connectivity index (χ3n) is 2.53. The minimum absolute atomic E-state index is 0.191. The van der Waals surface area contributed by atoms with Crippen molar-refractivity contribution in [3.8, 4) is 5.75 Å². The molecule has 0 radical (unpaired) electrons. The SMILES string of the molecule is NCc1cc(F)ccc1OCc1cccc(F)c1. The molecule has 0 heterocycles. The predicted molar refractivity (Wildman–Crippen MR) is 65.0 cm³/mol. The van der Waals surface area contributed by atoms with E-state index in [2.05, 4.69) is 0 Å². The van der Waals surface area contributed by atoms with Gasteiger partial charge in [0.25, 0.3) is 0 Å². The molecule has 4 heteroatoms. The average Bonchev–Trinajstić information content (AvgIpc) is 2.37. The minimum atomic E-state index is -0.353. The van der Waals surface area contributed by atoms with E-state index >= 15 is 0 Å². The van der Waals surface area contributed by atoms with Crippen molar-refractivity contribution < 1.29 is 13.5 Å². The molecule has 2 aromatic carbocycles. The van der Waals surface area contributed by atoms with Crippen LogP contribution >= 0.6 is 0 Å². The molecule has 2 rings (SSSR count). The number of halogens is 2. The molecule has 0 amide bonds. The summed E-state index contributed by atoms with van der Waals surface area (Å²) in [6, 6.07) is 10.3. The van der Waals surface area contributed by atoms with E-state index < -0.39 is 0 Å². The monoisotopic (exact) mass is 249 g/mol. The molecule has 2 nitrogen and oxygen atoms in total. The lowest BCUT2D eigenvalue weighted by Gasteiger charge is -2.10. The summed E-state index contributed by atoms with van der Waals surface area (Å²) in [5, 5.41) is 0. The molecule has 0 saturated heterocycles. The quantitative estimate of drug-likeness (QED) is 0.904. The summed E-state index contributed by atoms with van der Waals surface area (Å²) in [6.45, 7) is 0.409. The van der Waals surface area contributed by atoms with Gasteiger partial charge in [0.2, 0.25) is 0 Å². The topological polar surface area (TPSA) is 35.2 Å². The first-order valence-corrected chi connectivity index (χ1v) is 5.55. The van der Waals surface area contributed by atoms with Crippen LogP contribution in [0.4, 0.5) is 8.78 Å². The molecule has 0 aliphatic rings. The number of ether oxygens (including phenoxy) is 1. The highest BCUT2D eigenvalue weighted by molar-refractivity contribution is 5.34. The van der Waals surface area contributed by atoms with Crippen LogP contribution in [0.1, 0.15) is 11.1 Å². The molecule has 0 aliphatic heterocycles. The van der Waals surface area contributed by atoms with Crippen LogP contribution in [0.25, 0.3) is 0 Å². The third-order valence-corrected chi connectivity index (χ3v) is 2.53. The van der Waals surface area contributed by atoms with E-state index in [-0.39, 0.29) is 24.8 Å². The highest BCUT2D eigenvalue weighted by Gasteiger charge is 2.04. The van der Waals surface area contributed by atoms with Crippen LogP contribution in [0.3, 0.4) is 0 Å². The summed E-state index contributed by atoms with van der Waals surface area (Å²) >= 11 is 0. The number of nitrogens with two attached hydrogens (primary N) is 1. The molecule has 2 aromatic rings. The van der Waals surface area contributed by atoms with E-state index in [9.17, 15) is 8.78 Å². The van der Waals surface area contributed by atoms with Gasteiger partial charge in [-0.1, -0.05) is 12.1 Å². The molecule has 0 bridgehead atoms. The maximum atomic E-state index is 13.0. The Bertz CT molecular complexity index is 543. The van der Waals surface area contributed by atoms with Crippen LogP contribution in [0.5, 0.6) is 5.75 Å². The molecular weight excluding hydrogens is 236 g/mol. The van der Waals surface area contributed by atoms with Gasteiger partial charge < -0.3 is 10.5 Å². The van der Waals surface area contributed by atoms with Gasteiger partial charge >= 0.3 is 0 Å². The summed E-state index contributed by atoms with van der Waals surface area (Å²) in [7, 11) is 0. The highest BCUT2D eigenvalue weighted by Crippen LogP contribution is 2.20. The van der Waals surface area contributed by atoms with Gasteiger partial charge in [-0.15, -0.1) is 0 Å². The molecular formula is C14H13F2NO. The fourth-order valence-corrected chi connectivity index (χ4v) is 1.64. The molecule has 0 atom stereocenters. The normalized spacial score (nSPS) is 10.4. The Morgan fingerprint density at radius 2 is 1.78 bits per heavy atom. The van der Waals surface area contributed by atoms with Crippen LogP contribution in [-0.2, 0) is 13.2 Å². The second-order valence-corrected chi connectivity index (χ2v) is 3.87. The van der Waals surface area contributed by atoms with E-state index in [4.69, 9.17) is 10.5 Å². The smallest absolute Gasteiger partial charge is 0.124 e. The van der Waals surface area contributed by atoms with E-state index in [1.807, 2.05) is 0 Å². The molecule has 0 fully saturated rings. The molecule has 0 spiro atoms. The number of hydrogen-bond donors (Lipinski definition) is 1. The first-order chi connectivity index (χ1) is 8.69. The molecule has 0 aliphatic carbocycles. The largest absolute Gasteiger partial charge is 0.489 e. The lowest BCUT2D eigenvalue weighted by Crippen LogP contribution is -2.03. The number of benzene rings is 2. The summed E-state index contributed by atoms with van der Waals surface area (Å²) in [5.41, 5.74) is 6.81. The molecule has 0 unspecified atom stereocenters. The van der Waals surface area contributed by atoms with Crippen molar-refractivity contribution in [2.24, 2.45) is 5.73 Å². The average molecular weight is 249 g/mol. The van der Waals surface area contributed by atoms with Crippen molar-refractivity contribution in [1.82, 2.24) is 0 Å². The first-order valence-electron chi connectivity index (χ1n) is 5.55. The summed E-state index contributed by atoms with van der Waals surface area (Å²) in [4.78, 5) is 0.